The van der Waals surface area contributed by atoms with Crippen molar-refractivity contribution in [3.05, 3.63) is 47.7 Å². The molecule has 3 aromatic rings. The molecule has 0 bridgehead atoms. The van der Waals surface area contributed by atoms with E-state index in [0.717, 1.165) is 30.2 Å². The van der Waals surface area contributed by atoms with Gasteiger partial charge in [0.1, 0.15) is 0 Å². The first-order valence-electron chi connectivity index (χ1n) is 8.13. The summed E-state index contributed by atoms with van der Waals surface area (Å²) < 4.78 is 5.32. The SMILES string of the molecule is O=C(Nc1nc(-c2cccnc2)cs1)c1ccc(N2CCOCC2)nn1. The van der Waals surface area contributed by atoms with Crippen molar-refractivity contribution in [2.45, 2.75) is 0 Å². The van der Waals surface area contributed by atoms with Crippen molar-refractivity contribution >= 4 is 28.2 Å². The zero-order valence-corrected chi connectivity index (χ0v) is 14.6. The van der Waals surface area contributed by atoms with Gasteiger partial charge in [0.2, 0.25) is 0 Å². The Labute approximate surface area is 153 Å². The smallest absolute Gasteiger partial charge is 0.277 e. The van der Waals surface area contributed by atoms with Crippen LogP contribution in [0.1, 0.15) is 10.5 Å². The molecule has 0 unspecified atom stereocenters. The van der Waals surface area contributed by atoms with Gasteiger partial charge in [0, 0.05) is 36.4 Å². The first-order chi connectivity index (χ1) is 12.8. The van der Waals surface area contributed by atoms with E-state index in [2.05, 4.69) is 30.4 Å². The van der Waals surface area contributed by atoms with Crippen LogP contribution in [0.15, 0.2) is 42.0 Å². The van der Waals surface area contributed by atoms with Crippen LogP contribution in [0.3, 0.4) is 0 Å². The van der Waals surface area contributed by atoms with Crippen LogP contribution in [0.5, 0.6) is 0 Å². The molecule has 1 fully saturated rings. The fourth-order valence-electron chi connectivity index (χ4n) is 2.55. The van der Waals surface area contributed by atoms with E-state index >= 15 is 0 Å². The summed E-state index contributed by atoms with van der Waals surface area (Å²) in [4.78, 5) is 22.9. The van der Waals surface area contributed by atoms with E-state index in [1.54, 1.807) is 24.5 Å². The van der Waals surface area contributed by atoms with E-state index in [0.29, 0.717) is 18.3 Å². The summed E-state index contributed by atoms with van der Waals surface area (Å²) in [5.41, 5.74) is 1.92. The molecule has 1 amide bonds. The summed E-state index contributed by atoms with van der Waals surface area (Å²) in [7, 11) is 0. The van der Waals surface area contributed by atoms with Crippen molar-refractivity contribution < 1.29 is 9.53 Å². The van der Waals surface area contributed by atoms with Gasteiger partial charge < -0.3 is 9.64 Å². The molecule has 0 radical (unpaired) electrons. The molecule has 132 valence electrons. The molecule has 0 atom stereocenters. The molecule has 4 rings (SSSR count). The van der Waals surface area contributed by atoms with Gasteiger partial charge in [0.15, 0.2) is 16.6 Å². The van der Waals surface area contributed by atoms with E-state index in [9.17, 15) is 4.79 Å². The zero-order valence-electron chi connectivity index (χ0n) is 13.8. The molecule has 1 N–H and O–H groups in total. The van der Waals surface area contributed by atoms with Crippen LogP contribution >= 0.6 is 11.3 Å². The Kier molecular flexibility index (Phi) is 4.80. The predicted octanol–water partition coefficient (Wildman–Crippen LogP) is 2.08. The summed E-state index contributed by atoms with van der Waals surface area (Å²) in [6.45, 7) is 2.90. The highest BCUT2D eigenvalue weighted by Gasteiger charge is 2.15. The number of carbonyl (C=O) groups excluding carboxylic acids is 1. The Morgan fingerprint density at radius 3 is 2.81 bits per heavy atom. The first-order valence-corrected chi connectivity index (χ1v) is 9.01. The largest absolute Gasteiger partial charge is 0.378 e. The Morgan fingerprint density at radius 1 is 1.19 bits per heavy atom. The molecule has 8 nitrogen and oxygen atoms in total. The summed E-state index contributed by atoms with van der Waals surface area (Å²) >= 11 is 1.35. The lowest BCUT2D eigenvalue weighted by Gasteiger charge is -2.27. The summed E-state index contributed by atoms with van der Waals surface area (Å²) in [6, 6.07) is 7.24. The maximum atomic E-state index is 12.4. The van der Waals surface area contributed by atoms with Crippen molar-refractivity contribution in [1.82, 2.24) is 20.2 Å². The molecule has 0 saturated carbocycles. The maximum Gasteiger partial charge on any atom is 0.277 e. The number of nitrogens with zero attached hydrogens (tertiary/aromatic N) is 5. The second-order valence-electron chi connectivity index (χ2n) is 5.61. The Hall–Kier alpha value is -2.91. The molecule has 0 aromatic carbocycles. The Morgan fingerprint density at radius 2 is 2.08 bits per heavy atom. The van der Waals surface area contributed by atoms with Gasteiger partial charge in [-0.2, -0.15) is 0 Å². The molecule has 26 heavy (non-hydrogen) atoms. The molecule has 4 heterocycles. The zero-order chi connectivity index (χ0) is 17.8. The second kappa shape index (κ2) is 7.54. The standard InChI is InChI=1S/C17H16N6O2S/c24-16(13-3-4-15(22-21-13)23-6-8-25-9-7-23)20-17-19-14(11-26-17)12-2-1-5-18-10-12/h1-5,10-11H,6-9H2,(H,19,20,24). The van der Waals surface area contributed by atoms with Gasteiger partial charge >= 0.3 is 0 Å². The molecule has 1 aliphatic heterocycles. The fourth-order valence-corrected chi connectivity index (χ4v) is 3.26. The lowest BCUT2D eigenvalue weighted by molar-refractivity contribution is 0.102. The van der Waals surface area contributed by atoms with Gasteiger partial charge in [0.25, 0.3) is 5.91 Å². The number of hydrogen-bond donors (Lipinski definition) is 1. The van der Waals surface area contributed by atoms with Crippen molar-refractivity contribution in [3.8, 4) is 11.3 Å². The minimum Gasteiger partial charge on any atom is -0.378 e. The number of amides is 1. The van der Waals surface area contributed by atoms with Crippen LogP contribution in [0.4, 0.5) is 10.9 Å². The van der Waals surface area contributed by atoms with Crippen LogP contribution in [-0.2, 0) is 4.74 Å². The number of ether oxygens (including phenoxy) is 1. The Bertz CT molecular complexity index is 878. The third kappa shape index (κ3) is 3.68. The summed E-state index contributed by atoms with van der Waals surface area (Å²) in [6.07, 6.45) is 3.44. The number of anilines is 2. The average molecular weight is 368 g/mol. The topological polar surface area (TPSA) is 93.1 Å². The van der Waals surface area contributed by atoms with Gasteiger partial charge in [-0.1, -0.05) is 0 Å². The summed E-state index contributed by atoms with van der Waals surface area (Å²) in [5.74, 6) is 0.413. The quantitative estimate of drug-likeness (QED) is 0.753. The second-order valence-corrected chi connectivity index (χ2v) is 6.47. The minimum atomic E-state index is -0.335. The van der Waals surface area contributed by atoms with Crippen LogP contribution in [0.2, 0.25) is 0 Å². The molecule has 9 heteroatoms. The molecule has 0 spiro atoms. The van der Waals surface area contributed by atoms with Gasteiger partial charge in [-0.05, 0) is 24.3 Å². The molecule has 1 saturated heterocycles. The third-order valence-corrected chi connectivity index (χ3v) is 4.66. The number of nitrogens with one attached hydrogen (secondary N) is 1. The molecule has 0 aliphatic carbocycles. The van der Waals surface area contributed by atoms with E-state index in [1.807, 2.05) is 17.5 Å². The number of thiazole rings is 1. The molecule has 1 aliphatic rings. The monoisotopic (exact) mass is 368 g/mol. The number of morpholine rings is 1. The van der Waals surface area contributed by atoms with Crippen molar-refractivity contribution in [3.63, 3.8) is 0 Å². The van der Waals surface area contributed by atoms with Gasteiger partial charge in [-0.15, -0.1) is 21.5 Å². The lowest BCUT2D eigenvalue weighted by Crippen LogP contribution is -2.37. The van der Waals surface area contributed by atoms with Gasteiger partial charge in [0.05, 0.1) is 18.9 Å². The number of aromatic nitrogens is 4. The van der Waals surface area contributed by atoms with Crippen LogP contribution in [-0.4, -0.2) is 52.4 Å². The average Bonchev–Trinajstić information content (AvgIpc) is 3.18. The molecule has 3 aromatic heterocycles. The van der Waals surface area contributed by atoms with E-state index in [-0.39, 0.29) is 11.6 Å². The van der Waals surface area contributed by atoms with E-state index < -0.39 is 0 Å². The van der Waals surface area contributed by atoms with Crippen molar-refractivity contribution in [2.75, 3.05) is 36.5 Å². The minimum absolute atomic E-state index is 0.250. The number of carbonyl (C=O) groups is 1. The van der Waals surface area contributed by atoms with Gasteiger partial charge in [-0.25, -0.2) is 4.98 Å². The number of rotatable bonds is 4. The number of hydrogen-bond acceptors (Lipinski definition) is 8. The van der Waals surface area contributed by atoms with Crippen molar-refractivity contribution in [1.29, 1.82) is 0 Å². The highest BCUT2D eigenvalue weighted by molar-refractivity contribution is 7.14. The highest BCUT2D eigenvalue weighted by atomic mass is 32.1. The van der Waals surface area contributed by atoms with Gasteiger partial charge in [-0.3, -0.25) is 15.1 Å². The van der Waals surface area contributed by atoms with E-state index in [1.165, 1.54) is 11.3 Å². The Balaban J connectivity index is 1.42. The molecular weight excluding hydrogens is 352 g/mol. The molecular formula is C17H16N6O2S. The highest BCUT2D eigenvalue weighted by Crippen LogP contribution is 2.24. The van der Waals surface area contributed by atoms with Crippen molar-refractivity contribution in [2.24, 2.45) is 0 Å². The van der Waals surface area contributed by atoms with Crippen LogP contribution in [0, 0.1) is 0 Å². The summed E-state index contributed by atoms with van der Waals surface area (Å²) in [5, 5.41) is 13.3. The third-order valence-electron chi connectivity index (χ3n) is 3.90. The van der Waals surface area contributed by atoms with Crippen LogP contribution in [0.25, 0.3) is 11.3 Å². The normalized spacial score (nSPS) is 14.2. The predicted molar refractivity (Wildman–Crippen MR) is 98.4 cm³/mol. The van der Waals surface area contributed by atoms with E-state index in [4.69, 9.17) is 4.74 Å². The lowest BCUT2D eigenvalue weighted by atomic mass is 10.2. The first kappa shape index (κ1) is 16.6. The maximum absolute atomic E-state index is 12.4. The fraction of sp³-hybridized carbons (Fsp3) is 0.235. The number of pyridine rings is 1. The van der Waals surface area contributed by atoms with Crippen LogP contribution < -0.4 is 10.2 Å².